The molecule has 0 saturated carbocycles. The Bertz CT molecular complexity index is 3720. The molecule has 11 aromatic rings. The number of rotatable bonds is 6. The van der Waals surface area contributed by atoms with Crippen molar-refractivity contribution in [2.24, 2.45) is 5.92 Å². The molecule has 9 aromatic carbocycles. The van der Waals surface area contributed by atoms with E-state index in [1.54, 1.807) is 0 Å². The Labute approximate surface area is 354 Å². The number of benzene rings is 9. The molecule has 1 aliphatic carbocycles. The minimum Gasteiger partial charge on any atom is -0.454 e. The Balaban J connectivity index is 1.15. The topological polar surface area (TPSA) is 32.8 Å². The fraction of sp³-hybridized carbons (Fsp3) is 0.123. The van der Waals surface area contributed by atoms with E-state index in [9.17, 15) is 0 Å². The highest BCUT2D eigenvalue weighted by molar-refractivity contribution is 6.28. The van der Waals surface area contributed by atoms with Gasteiger partial charge in [-0.15, -0.1) is 0 Å². The molecule has 0 spiro atoms. The molecule has 61 heavy (non-hydrogen) atoms. The summed E-state index contributed by atoms with van der Waals surface area (Å²) < 4.78 is 13.6. The van der Waals surface area contributed by atoms with Gasteiger partial charge >= 0.3 is 0 Å². The Morgan fingerprint density at radius 3 is 1.67 bits per heavy atom. The molecule has 2 aromatic heterocycles. The standard InChI is InChI=1S/C57H44N2O2/c1-33-17-24-40(31-36(33)4)58(50-14-10-13-44-42-11-6-8-15-51(42)60-56(44)50)48-29-22-38-21-28-47-49(30-23-39-20-27-46(48)53(38)54(39)47)59(41-25-18-34(2)37(5)32-41)55-35(3)19-26-45-43-12-7-9-16-52(43)61-57(45)55/h6-18,20-32,35H,19H2,1-5H3. The predicted octanol–water partition coefficient (Wildman–Crippen LogP) is 14.7. The number of hydrogen-bond donors (Lipinski definition) is 0. The average molecular weight is 789 g/mol. The first kappa shape index (κ1) is 35.6. The van der Waals surface area contributed by atoms with Crippen molar-refractivity contribution in [1.29, 1.82) is 0 Å². The highest BCUT2D eigenvalue weighted by Gasteiger charge is 2.29. The maximum Gasteiger partial charge on any atom is 0.159 e. The van der Waals surface area contributed by atoms with Crippen molar-refractivity contribution in [3.05, 3.63) is 185 Å². The Morgan fingerprint density at radius 1 is 0.459 bits per heavy atom. The second kappa shape index (κ2) is 13.4. The molecule has 2 heterocycles. The predicted molar refractivity (Wildman–Crippen MR) is 257 cm³/mol. The van der Waals surface area contributed by atoms with Gasteiger partial charge in [0.1, 0.15) is 11.2 Å². The molecule has 0 aliphatic heterocycles. The quantitative estimate of drug-likeness (QED) is 0.157. The SMILES string of the molecule is Cc1ccc(N(C2=c3oc4ccccc4c3=CCC2C)c2ccc3ccc4c(N(c5ccc(C)c(C)c5)c5cccc6c5oc5ccccc56)ccc5ccc2c3c54)cc1C. The Morgan fingerprint density at radius 2 is 1.02 bits per heavy atom. The van der Waals surface area contributed by atoms with Crippen LogP contribution in [0.5, 0.6) is 0 Å². The zero-order valence-corrected chi connectivity index (χ0v) is 35.0. The molecule has 4 nitrogen and oxygen atoms in total. The number of aryl methyl sites for hydroxylation is 4. The van der Waals surface area contributed by atoms with Crippen molar-refractivity contribution in [2.45, 2.75) is 41.0 Å². The van der Waals surface area contributed by atoms with Gasteiger partial charge in [0.2, 0.25) is 0 Å². The number of furan rings is 2. The van der Waals surface area contributed by atoms with E-state index in [1.165, 1.54) is 65.5 Å². The molecule has 294 valence electrons. The van der Waals surface area contributed by atoms with E-state index in [4.69, 9.17) is 8.83 Å². The molecule has 0 amide bonds. The average Bonchev–Trinajstić information content (AvgIpc) is 3.86. The molecule has 4 heteroatoms. The second-order valence-corrected chi connectivity index (χ2v) is 17.1. The molecule has 12 rings (SSSR count). The van der Waals surface area contributed by atoms with Crippen LogP contribution < -0.4 is 20.4 Å². The van der Waals surface area contributed by atoms with Gasteiger partial charge in [0, 0.05) is 49.4 Å². The van der Waals surface area contributed by atoms with E-state index in [0.717, 1.165) is 73.2 Å². The summed E-state index contributed by atoms with van der Waals surface area (Å²) in [7, 11) is 0. The molecule has 1 unspecified atom stereocenters. The van der Waals surface area contributed by atoms with Gasteiger partial charge in [0.25, 0.3) is 0 Å². The van der Waals surface area contributed by atoms with Crippen LogP contribution in [0.3, 0.4) is 0 Å². The van der Waals surface area contributed by atoms with Crippen LogP contribution in [0.4, 0.5) is 28.4 Å². The lowest BCUT2D eigenvalue weighted by molar-refractivity contribution is 0.555. The number of fused-ring (bicyclic) bond motifs is 6. The molecule has 0 N–H and O–H groups in total. The lowest BCUT2D eigenvalue weighted by Gasteiger charge is -2.33. The van der Waals surface area contributed by atoms with Gasteiger partial charge in [-0.2, -0.15) is 0 Å². The van der Waals surface area contributed by atoms with E-state index >= 15 is 0 Å². The van der Waals surface area contributed by atoms with E-state index in [1.807, 2.05) is 6.07 Å². The molecule has 0 radical (unpaired) electrons. The monoisotopic (exact) mass is 788 g/mol. The third-order valence-corrected chi connectivity index (χ3v) is 13.5. The van der Waals surface area contributed by atoms with Crippen molar-refractivity contribution in [3.63, 3.8) is 0 Å². The van der Waals surface area contributed by atoms with Crippen molar-refractivity contribution < 1.29 is 8.83 Å². The first-order valence-corrected chi connectivity index (χ1v) is 21.4. The van der Waals surface area contributed by atoms with Gasteiger partial charge in [0.05, 0.1) is 22.8 Å². The summed E-state index contributed by atoms with van der Waals surface area (Å²) in [5.41, 5.74) is 15.3. The van der Waals surface area contributed by atoms with E-state index in [0.29, 0.717) is 0 Å². The summed E-state index contributed by atoms with van der Waals surface area (Å²) in [6.45, 7) is 11.1. The molecular weight excluding hydrogens is 745 g/mol. The van der Waals surface area contributed by atoms with Gasteiger partial charge < -0.3 is 18.6 Å². The third-order valence-electron chi connectivity index (χ3n) is 13.5. The van der Waals surface area contributed by atoms with Crippen molar-refractivity contribution in [3.8, 4) is 0 Å². The molecule has 1 aliphatic rings. The second-order valence-electron chi connectivity index (χ2n) is 17.1. The van der Waals surface area contributed by atoms with Crippen LogP contribution in [-0.4, -0.2) is 0 Å². The van der Waals surface area contributed by atoms with Gasteiger partial charge in [-0.05, 0) is 133 Å². The summed E-state index contributed by atoms with van der Waals surface area (Å²) in [6, 6.07) is 55.5. The molecule has 1 atom stereocenters. The number of para-hydroxylation sites is 3. The third kappa shape index (κ3) is 5.31. The van der Waals surface area contributed by atoms with Crippen LogP contribution in [0.1, 0.15) is 35.6 Å². The number of hydrogen-bond acceptors (Lipinski definition) is 4. The Hall–Kier alpha value is -7.30. The minimum atomic E-state index is 0.215. The number of anilines is 5. The van der Waals surface area contributed by atoms with Crippen LogP contribution in [0.2, 0.25) is 0 Å². The van der Waals surface area contributed by atoms with Crippen molar-refractivity contribution in [1.82, 2.24) is 0 Å². The summed E-state index contributed by atoms with van der Waals surface area (Å²) >= 11 is 0. The van der Waals surface area contributed by atoms with Crippen LogP contribution in [0, 0.1) is 33.6 Å². The fourth-order valence-corrected chi connectivity index (χ4v) is 10.0. The van der Waals surface area contributed by atoms with Gasteiger partial charge in [-0.1, -0.05) is 110 Å². The lowest BCUT2D eigenvalue weighted by atomic mass is 9.90. The van der Waals surface area contributed by atoms with Crippen molar-refractivity contribution in [2.75, 3.05) is 9.80 Å². The number of nitrogens with zero attached hydrogens (tertiary/aromatic N) is 2. The first-order chi connectivity index (χ1) is 29.8. The lowest BCUT2D eigenvalue weighted by Crippen LogP contribution is -2.36. The summed E-state index contributed by atoms with van der Waals surface area (Å²) in [4.78, 5) is 4.91. The van der Waals surface area contributed by atoms with Gasteiger partial charge in [-0.3, -0.25) is 0 Å². The van der Waals surface area contributed by atoms with Crippen LogP contribution >= 0.6 is 0 Å². The van der Waals surface area contributed by atoms with E-state index in [2.05, 4.69) is 196 Å². The first-order valence-electron chi connectivity index (χ1n) is 21.4. The van der Waals surface area contributed by atoms with E-state index < -0.39 is 0 Å². The normalized spacial score (nSPS) is 14.2. The zero-order chi connectivity index (χ0) is 41.1. The van der Waals surface area contributed by atoms with E-state index in [-0.39, 0.29) is 5.92 Å². The molecular formula is C57H44N2O2. The fourth-order valence-electron chi connectivity index (χ4n) is 10.0. The van der Waals surface area contributed by atoms with Gasteiger partial charge in [-0.25, -0.2) is 0 Å². The smallest absolute Gasteiger partial charge is 0.159 e. The van der Waals surface area contributed by atoms with Crippen LogP contribution in [0.15, 0.2) is 160 Å². The summed E-state index contributed by atoms with van der Waals surface area (Å²) in [6.07, 6.45) is 3.29. The largest absolute Gasteiger partial charge is 0.454 e. The van der Waals surface area contributed by atoms with Crippen molar-refractivity contribution >= 4 is 105 Å². The van der Waals surface area contributed by atoms with Gasteiger partial charge in [0.15, 0.2) is 11.0 Å². The highest BCUT2D eigenvalue weighted by atomic mass is 16.3. The van der Waals surface area contributed by atoms with Crippen LogP contribution in [0.25, 0.3) is 77.0 Å². The zero-order valence-electron chi connectivity index (χ0n) is 35.0. The molecule has 0 fully saturated rings. The Kier molecular flexibility index (Phi) is 7.80. The highest BCUT2D eigenvalue weighted by Crippen LogP contribution is 2.49. The maximum absolute atomic E-state index is 6.85. The van der Waals surface area contributed by atoms with Crippen LogP contribution in [-0.2, 0) is 0 Å². The minimum absolute atomic E-state index is 0.215. The summed E-state index contributed by atoms with van der Waals surface area (Å²) in [5.74, 6) is 0.215. The molecule has 0 saturated heterocycles. The summed E-state index contributed by atoms with van der Waals surface area (Å²) in [5, 5.41) is 11.9. The maximum atomic E-state index is 6.85. The molecule has 0 bridgehead atoms.